The smallest absolute Gasteiger partial charge is 0.105 e. The van der Waals surface area contributed by atoms with Crippen LogP contribution in [-0.2, 0) is 4.74 Å². The van der Waals surface area contributed by atoms with Crippen LogP contribution in [0.25, 0.3) is 0 Å². The van der Waals surface area contributed by atoms with Crippen LogP contribution >= 0.6 is 0 Å². The normalized spacial score (nSPS) is 16.4. The third-order valence-corrected chi connectivity index (χ3v) is 1.62. The second-order valence-electron chi connectivity index (χ2n) is 2.94. The fourth-order valence-electron chi connectivity index (χ4n) is 1.16. The van der Waals surface area contributed by atoms with Gasteiger partial charge in [0.05, 0.1) is 6.10 Å². The highest BCUT2D eigenvalue weighted by Gasteiger charge is 2.04. The van der Waals surface area contributed by atoms with Crippen molar-refractivity contribution in [1.29, 1.82) is 0 Å². The van der Waals surface area contributed by atoms with E-state index in [-0.39, 0.29) is 6.23 Å². The summed E-state index contributed by atoms with van der Waals surface area (Å²) in [5.41, 5.74) is 0. The molecule has 0 radical (unpaired) electrons. The van der Waals surface area contributed by atoms with E-state index in [0.29, 0.717) is 6.10 Å². The second kappa shape index (κ2) is 6.62. The Labute approximate surface area is 70.3 Å². The van der Waals surface area contributed by atoms with E-state index in [4.69, 9.17) is 4.74 Å². The molecule has 0 saturated carbocycles. The van der Waals surface area contributed by atoms with Gasteiger partial charge in [-0.15, -0.1) is 0 Å². The zero-order valence-electron chi connectivity index (χ0n) is 8.18. The van der Waals surface area contributed by atoms with Crippen molar-refractivity contribution in [2.24, 2.45) is 0 Å². The molecule has 0 fully saturated rings. The molecule has 0 spiro atoms. The Morgan fingerprint density at radius 3 is 2.36 bits per heavy atom. The van der Waals surface area contributed by atoms with Gasteiger partial charge in [-0.3, -0.25) is 5.32 Å². The van der Waals surface area contributed by atoms with Crippen molar-refractivity contribution in [3.05, 3.63) is 0 Å². The highest BCUT2D eigenvalue weighted by atomic mass is 16.5. The molecule has 0 aromatic heterocycles. The van der Waals surface area contributed by atoms with E-state index in [1.165, 1.54) is 6.42 Å². The van der Waals surface area contributed by atoms with Gasteiger partial charge in [0.15, 0.2) is 0 Å². The lowest BCUT2D eigenvalue weighted by Gasteiger charge is -2.18. The Morgan fingerprint density at radius 2 is 1.91 bits per heavy atom. The molecular formula is C9H21NO. The van der Waals surface area contributed by atoms with Crippen molar-refractivity contribution in [1.82, 2.24) is 5.32 Å². The fourth-order valence-corrected chi connectivity index (χ4v) is 1.16. The Hall–Kier alpha value is -0.0800. The maximum absolute atomic E-state index is 5.62. The van der Waals surface area contributed by atoms with Crippen LogP contribution in [0.3, 0.4) is 0 Å². The molecule has 2 nitrogen and oxygen atoms in total. The molecule has 0 aromatic carbocycles. The third kappa shape index (κ3) is 6.32. The van der Waals surface area contributed by atoms with Crippen LogP contribution in [0.2, 0.25) is 0 Å². The van der Waals surface area contributed by atoms with E-state index in [9.17, 15) is 0 Å². The van der Waals surface area contributed by atoms with Crippen LogP contribution in [0.1, 0.15) is 40.5 Å². The van der Waals surface area contributed by atoms with Gasteiger partial charge in [0.25, 0.3) is 0 Å². The van der Waals surface area contributed by atoms with Gasteiger partial charge in [-0.05, 0) is 26.8 Å². The van der Waals surface area contributed by atoms with E-state index < -0.39 is 0 Å². The molecule has 2 atom stereocenters. The minimum atomic E-state index is 0.196. The molecule has 68 valence electrons. The van der Waals surface area contributed by atoms with E-state index in [1.54, 1.807) is 0 Å². The van der Waals surface area contributed by atoms with Gasteiger partial charge < -0.3 is 4.74 Å². The van der Waals surface area contributed by atoms with Crippen molar-refractivity contribution in [2.45, 2.75) is 52.9 Å². The topological polar surface area (TPSA) is 21.3 Å². The zero-order chi connectivity index (χ0) is 8.69. The Kier molecular flexibility index (Phi) is 6.57. The first-order chi connectivity index (χ1) is 5.20. The van der Waals surface area contributed by atoms with Crippen molar-refractivity contribution in [3.63, 3.8) is 0 Å². The molecule has 0 aliphatic carbocycles. The van der Waals surface area contributed by atoms with Gasteiger partial charge >= 0.3 is 0 Å². The molecule has 0 aliphatic rings. The molecule has 0 aromatic rings. The number of hydrogen-bond donors (Lipinski definition) is 1. The molecule has 0 bridgehead atoms. The quantitative estimate of drug-likeness (QED) is 0.600. The molecule has 11 heavy (non-hydrogen) atoms. The molecular weight excluding hydrogens is 138 g/mol. The van der Waals surface area contributed by atoms with Gasteiger partial charge in [0.1, 0.15) is 6.23 Å². The molecule has 0 saturated heterocycles. The lowest BCUT2D eigenvalue weighted by molar-refractivity contribution is -0.0131. The molecule has 1 N–H and O–H groups in total. The summed E-state index contributed by atoms with van der Waals surface area (Å²) >= 11 is 0. The number of ether oxygens (including phenoxy) is 1. The minimum Gasteiger partial charge on any atom is -0.361 e. The van der Waals surface area contributed by atoms with Gasteiger partial charge in [0.2, 0.25) is 0 Å². The van der Waals surface area contributed by atoms with Crippen LogP contribution in [0.5, 0.6) is 0 Å². The summed E-state index contributed by atoms with van der Waals surface area (Å²) < 4.78 is 5.62. The van der Waals surface area contributed by atoms with Gasteiger partial charge in [0, 0.05) is 0 Å². The average Bonchev–Trinajstić information content (AvgIpc) is 1.87. The van der Waals surface area contributed by atoms with Crippen LogP contribution in [-0.4, -0.2) is 18.9 Å². The summed E-state index contributed by atoms with van der Waals surface area (Å²) in [5, 5.41) is 3.21. The van der Waals surface area contributed by atoms with Crippen LogP contribution < -0.4 is 5.32 Å². The molecule has 0 aliphatic heterocycles. The molecule has 0 rings (SSSR count). The van der Waals surface area contributed by atoms with Gasteiger partial charge in [-0.2, -0.15) is 0 Å². The highest BCUT2D eigenvalue weighted by Crippen LogP contribution is 2.02. The molecule has 2 unspecified atom stereocenters. The lowest BCUT2D eigenvalue weighted by atomic mass is 10.2. The summed E-state index contributed by atoms with van der Waals surface area (Å²) in [6, 6.07) is 0. The SMILES string of the molecule is CCCC(C)OC(C)NCC. The largest absolute Gasteiger partial charge is 0.361 e. The monoisotopic (exact) mass is 159 g/mol. The van der Waals surface area contributed by atoms with Crippen LogP contribution in [0.15, 0.2) is 0 Å². The molecule has 0 heterocycles. The minimum absolute atomic E-state index is 0.196. The predicted octanol–water partition coefficient (Wildman–Crippen LogP) is 2.15. The first-order valence-corrected chi connectivity index (χ1v) is 4.59. The Balaban J connectivity index is 3.32. The predicted molar refractivity (Wildman–Crippen MR) is 48.6 cm³/mol. The van der Waals surface area contributed by atoms with E-state index in [2.05, 4.69) is 33.0 Å². The molecule has 2 heteroatoms. The Morgan fingerprint density at radius 1 is 1.27 bits per heavy atom. The third-order valence-electron chi connectivity index (χ3n) is 1.62. The van der Waals surface area contributed by atoms with Crippen LogP contribution in [0, 0.1) is 0 Å². The lowest BCUT2D eigenvalue weighted by Crippen LogP contribution is -2.31. The van der Waals surface area contributed by atoms with E-state index in [0.717, 1.165) is 13.0 Å². The summed E-state index contributed by atoms with van der Waals surface area (Å²) in [6.07, 6.45) is 2.92. The number of hydrogen-bond acceptors (Lipinski definition) is 2. The first kappa shape index (κ1) is 10.9. The summed E-state index contributed by atoms with van der Waals surface area (Å²) in [6.45, 7) is 9.41. The zero-order valence-corrected chi connectivity index (χ0v) is 8.18. The maximum atomic E-state index is 5.62. The number of nitrogens with one attached hydrogen (secondary N) is 1. The summed E-state index contributed by atoms with van der Waals surface area (Å²) in [5.74, 6) is 0. The van der Waals surface area contributed by atoms with Crippen LogP contribution in [0.4, 0.5) is 0 Å². The molecule has 0 amide bonds. The van der Waals surface area contributed by atoms with E-state index >= 15 is 0 Å². The van der Waals surface area contributed by atoms with Crippen molar-refractivity contribution >= 4 is 0 Å². The summed E-state index contributed by atoms with van der Waals surface area (Å²) in [4.78, 5) is 0. The van der Waals surface area contributed by atoms with E-state index in [1.807, 2.05) is 0 Å². The van der Waals surface area contributed by atoms with Gasteiger partial charge in [-0.1, -0.05) is 20.3 Å². The fraction of sp³-hybridized carbons (Fsp3) is 1.00. The van der Waals surface area contributed by atoms with Crippen molar-refractivity contribution in [2.75, 3.05) is 6.54 Å². The standard InChI is InChI=1S/C9H21NO/c1-5-7-8(3)11-9(4)10-6-2/h8-10H,5-7H2,1-4H3. The summed E-state index contributed by atoms with van der Waals surface area (Å²) in [7, 11) is 0. The average molecular weight is 159 g/mol. The second-order valence-corrected chi connectivity index (χ2v) is 2.94. The first-order valence-electron chi connectivity index (χ1n) is 4.59. The van der Waals surface area contributed by atoms with Crippen molar-refractivity contribution < 1.29 is 4.74 Å². The highest BCUT2D eigenvalue weighted by molar-refractivity contribution is 4.52. The van der Waals surface area contributed by atoms with Gasteiger partial charge in [-0.25, -0.2) is 0 Å². The maximum Gasteiger partial charge on any atom is 0.105 e. The number of rotatable bonds is 6. The van der Waals surface area contributed by atoms with Crippen molar-refractivity contribution in [3.8, 4) is 0 Å². The Bertz CT molecular complexity index is 75.6.